The molecule has 3 rings (SSSR count). The summed E-state index contributed by atoms with van der Waals surface area (Å²) in [7, 11) is 0. The molecule has 0 fully saturated rings. The number of nitrogens with zero attached hydrogens (tertiary/aromatic N) is 2. The van der Waals surface area contributed by atoms with Crippen molar-refractivity contribution in [2.45, 2.75) is 24.7 Å². The van der Waals surface area contributed by atoms with Crippen LogP contribution in [0.15, 0.2) is 59.8 Å². The van der Waals surface area contributed by atoms with E-state index < -0.39 is 18.1 Å². The van der Waals surface area contributed by atoms with Crippen molar-refractivity contribution in [3.63, 3.8) is 0 Å². The van der Waals surface area contributed by atoms with Crippen molar-refractivity contribution in [1.82, 2.24) is 9.99 Å². The molecular formula is C19H13ClF7N3. The van der Waals surface area contributed by atoms with Crippen LogP contribution in [0.5, 0.6) is 0 Å². The van der Waals surface area contributed by atoms with Gasteiger partial charge in [-0.25, -0.2) is 5.43 Å². The number of hydrazone groups is 1. The molecule has 30 heavy (non-hydrogen) atoms. The maximum atomic E-state index is 13.3. The van der Waals surface area contributed by atoms with Crippen LogP contribution in [0.3, 0.4) is 0 Å². The van der Waals surface area contributed by atoms with E-state index in [0.29, 0.717) is 27.9 Å². The Morgan fingerprint density at radius 1 is 0.933 bits per heavy atom. The minimum absolute atomic E-state index is 0.233. The fourth-order valence-electron chi connectivity index (χ4n) is 2.75. The minimum atomic E-state index is -6.44. The smallest absolute Gasteiger partial charge is 0.342 e. The summed E-state index contributed by atoms with van der Waals surface area (Å²) in [5.41, 5.74) is 2.28. The molecule has 0 saturated heterocycles. The molecule has 0 amide bonds. The lowest BCUT2D eigenvalue weighted by atomic mass is 10.2. The Labute approximate surface area is 170 Å². The van der Waals surface area contributed by atoms with E-state index in [9.17, 15) is 30.7 Å². The van der Waals surface area contributed by atoms with Crippen molar-refractivity contribution >= 4 is 28.7 Å². The SMILES string of the molecule is FC(F)(F)C(F)(F)C(F)(F)N/N=C\c1cn(Cc2ccccc2Cl)c2ccccc12. The zero-order chi connectivity index (χ0) is 22.2. The lowest BCUT2D eigenvalue weighted by molar-refractivity contribution is -0.361. The van der Waals surface area contributed by atoms with Gasteiger partial charge in [0.25, 0.3) is 0 Å². The molecule has 0 saturated carbocycles. The van der Waals surface area contributed by atoms with Crippen LogP contribution in [0.25, 0.3) is 10.9 Å². The average molecular weight is 452 g/mol. The zero-order valence-electron chi connectivity index (χ0n) is 14.9. The van der Waals surface area contributed by atoms with E-state index in [1.807, 2.05) is 0 Å². The van der Waals surface area contributed by atoms with Crippen molar-refractivity contribution in [3.05, 3.63) is 70.9 Å². The number of halogens is 8. The molecule has 1 heterocycles. The summed E-state index contributed by atoms with van der Waals surface area (Å²) >= 11 is 6.15. The Kier molecular flexibility index (Phi) is 5.72. The first-order valence-electron chi connectivity index (χ1n) is 8.38. The first kappa shape index (κ1) is 21.9. The van der Waals surface area contributed by atoms with Gasteiger partial charge in [-0.15, -0.1) is 0 Å². The number of nitrogens with one attached hydrogen (secondary N) is 1. The average Bonchev–Trinajstić information content (AvgIpc) is 3.00. The van der Waals surface area contributed by atoms with Gasteiger partial charge in [0.05, 0.1) is 6.21 Å². The van der Waals surface area contributed by atoms with Gasteiger partial charge in [0.2, 0.25) is 0 Å². The summed E-state index contributed by atoms with van der Waals surface area (Å²) in [6.07, 6.45) is -4.19. The topological polar surface area (TPSA) is 29.3 Å². The lowest BCUT2D eigenvalue weighted by Crippen LogP contribution is -2.58. The monoisotopic (exact) mass is 451 g/mol. The van der Waals surface area contributed by atoms with Crippen molar-refractivity contribution in [1.29, 1.82) is 0 Å². The van der Waals surface area contributed by atoms with Gasteiger partial charge >= 0.3 is 18.1 Å². The zero-order valence-corrected chi connectivity index (χ0v) is 15.7. The molecule has 2 aromatic carbocycles. The van der Waals surface area contributed by atoms with Crippen LogP contribution in [0.2, 0.25) is 5.02 Å². The third kappa shape index (κ3) is 4.09. The Morgan fingerprint density at radius 3 is 2.23 bits per heavy atom. The predicted molar refractivity (Wildman–Crippen MR) is 99.2 cm³/mol. The van der Waals surface area contributed by atoms with Gasteiger partial charge in [0.1, 0.15) is 0 Å². The molecule has 0 unspecified atom stereocenters. The molecule has 1 aromatic heterocycles. The predicted octanol–water partition coefficient (Wildman–Crippen LogP) is 6.06. The maximum absolute atomic E-state index is 13.3. The van der Waals surface area contributed by atoms with Gasteiger partial charge in [-0.1, -0.05) is 48.0 Å². The lowest BCUT2D eigenvalue weighted by Gasteiger charge is -2.27. The Bertz CT molecular complexity index is 1070. The Morgan fingerprint density at radius 2 is 1.57 bits per heavy atom. The normalized spacial score (nSPS) is 13.3. The van der Waals surface area contributed by atoms with E-state index in [1.165, 1.54) is 6.20 Å². The number of fused-ring (bicyclic) bond motifs is 1. The Hall–Kier alpha value is -2.75. The van der Waals surface area contributed by atoms with Gasteiger partial charge in [0.15, 0.2) is 0 Å². The summed E-state index contributed by atoms with van der Waals surface area (Å²) in [6, 6.07) is 8.11. The third-order valence-corrected chi connectivity index (χ3v) is 4.65. The quantitative estimate of drug-likeness (QED) is 0.210. The molecule has 0 radical (unpaired) electrons. The van der Waals surface area contributed by atoms with E-state index in [2.05, 4.69) is 5.10 Å². The van der Waals surface area contributed by atoms with Crippen LogP contribution in [-0.4, -0.2) is 28.9 Å². The van der Waals surface area contributed by atoms with Crippen molar-refractivity contribution in [2.24, 2.45) is 5.10 Å². The van der Waals surface area contributed by atoms with Gasteiger partial charge in [-0.05, 0) is 17.7 Å². The summed E-state index contributed by atoms with van der Waals surface area (Å²) in [5, 5.41) is 3.97. The first-order valence-corrected chi connectivity index (χ1v) is 8.76. The summed E-state index contributed by atoms with van der Waals surface area (Å²) in [6.45, 7) is 0.309. The van der Waals surface area contributed by atoms with Gasteiger partial charge < -0.3 is 4.57 Å². The molecule has 3 aromatic rings. The number of aromatic nitrogens is 1. The Balaban J connectivity index is 1.89. The summed E-state index contributed by atoms with van der Waals surface area (Å²) in [5.74, 6) is -6.30. The van der Waals surface area contributed by atoms with Gasteiger partial charge in [-0.3, -0.25) is 0 Å². The van der Waals surface area contributed by atoms with Crippen LogP contribution < -0.4 is 5.43 Å². The summed E-state index contributed by atoms with van der Waals surface area (Å²) in [4.78, 5) is 0. The van der Waals surface area contributed by atoms with Crippen molar-refractivity contribution in [2.75, 3.05) is 0 Å². The van der Waals surface area contributed by atoms with Crippen LogP contribution in [0.4, 0.5) is 30.7 Å². The van der Waals surface area contributed by atoms with Gasteiger partial charge in [0, 0.05) is 34.2 Å². The number of rotatable bonds is 6. The van der Waals surface area contributed by atoms with E-state index in [4.69, 9.17) is 11.6 Å². The molecule has 3 nitrogen and oxygen atoms in total. The molecule has 0 aliphatic rings. The molecule has 1 N–H and O–H groups in total. The number of hydrogen-bond donors (Lipinski definition) is 1. The van der Waals surface area contributed by atoms with Crippen LogP contribution in [0.1, 0.15) is 11.1 Å². The second-order valence-electron chi connectivity index (χ2n) is 6.34. The van der Waals surface area contributed by atoms with E-state index >= 15 is 0 Å². The van der Waals surface area contributed by atoms with Crippen LogP contribution in [0, 0.1) is 0 Å². The third-order valence-electron chi connectivity index (χ3n) is 4.28. The number of alkyl halides is 7. The largest absolute Gasteiger partial charge is 0.462 e. The highest BCUT2D eigenvalue weighted by Gasteiger charge is 2.73. The maximum Gasteiger partial charge on any atom is 0.462 e. The van der Waals surface area contributed by atoms with E-state index in [1.54, 1.807) is 53.1 Å². The van der Waals surface area contributed by atoms with E-state index in [0.717, 1.165) is 11.8 Å². The highest BCUT2D eigenvalue weighted by Crippen LogP contribution is 2.45. The van der Waals surface area contributed by atoms with Crippen molar-refractivity contribution < 1.29 is 30.7 Å². The molecule has 0 aliphatic heterocycles. The minimum Gasteiger partial charge on any atom is -0.342 e. The number of benzene rings is 2. The molecule has 0 bridgehead atoms. The van der Waals surface area contributed by atoms with Gasteiger partial charge in [-0.2, -0.15) is 35.8 Å². The molecule has 160 valence electrons. The van der Waals surface area contributed by atoms with Crippen LogP contribution in [-0.2, 0) is 6.54 Å². The summed E-state index contributed by atoms with van der Waals surface area (Å²) < 4.78 is 90.9. The standard InChI is InChI=1S/C19H13ClF7N3/c20-15-7-3-1-5-12(15)10-30-11-13(14-6-2-4-8-16(14)30)9-28-29-19(26,27)17(21,22)18(23,24)25/h1-9,11,29H,10H2/b28-9-. The molecule has 11 heteroatoms. The second-order valence-corrected chi connectivity index (χ2v) is 6.74. The van der Waals surface area contributed by atoms with Crippen LogP contribution >= 0.6 is 11.6 Å². The fraction of sp³-hybridized carbons (Fsp3) is 0.211. The number of hydrogen-bond acceptors (Lipinski definition) is 2. The molecule has 0 spiro atoms. The van der Waals surface area contributed by atoms with Crippen molar-refractivity contribution in [3.8, 4) is 0 Å². The molecule has 0 aliphatic carbocycles. The fourth-order valence-corrected chi connectivity index (χ4v) is 2.95. The second kappa shape index (κ2) is 7.82. The van der Waals surface area contributed by atoms with E-state index in [-0.39, 0.29) is 5.56 Å². The number of para-hydroxylation sites is 1. The molecular weight excluding hydrogens is 439 g/mol. The first-order chi connectivity index (χ1) is 13.9. The highest BCUT2D eigenvalue weighted by molar-refractivity contribution is 6.31. The molecule has 0 atom stereocenters. The highest BCUT2D eigenvalue weighted by atomic mass is 35.5.